The maximum absolute atomic E-state index is 11.3. The highest BCUT2D eigenvalue weighted by Crippen LogP contribution is 2.21. The lowest BCUT2D eigenvalue weighted by Crippen LogP contribution is -2.19. The Kier molecular flexibility index (Phi) is 4.36. The molecule has 5 heteroatoms. The average Bonchev–Trinajstić information content (AvgIpc) is 2.40. The number of hydrogen-bond acceptors (Lipinski definition) is 3. The molecule has 98 valence electrons. The number of nitrogens with zero attached hydrogens (tertiary/aromatic N) is 1. The molecule has 0 bridgehead atoms. The van der Waals surface area contributed by atoms with Crippen molar-refractivity contribution in [3.05, 3.63) is 59.4 Å². The normalized spacial score (nSPS) is 11.8. The molecule has 2 rings (SSSR count). The van der Waals surface area contributed by atoms with Crippen LogP contribution in [0.15, 0.2) is 48.8 Å². The third-order valence-corrected chi connectivity index (χ3v) is 2.84. The van der Waals surface area contributed by atoms with E-state index < -0.39 is 11.9 Å². The number of carbonyl (C=O) groups is 1. The molecule has 1 unspecified atom stereocenters. The number of hydrogen-bond donors (Lipinski definition) is 1. The number of benzene rings is 1. The van der Waals surface area contributed by atoms with Crippen molar-refractivity contribution in [1.29, 1.82) is 0 Å². The first-order valence-electron chi connectivity index (χ1n) is 5.68. The van der Waals surface area contributed by atoms with Crippen molar-refractivity contribution in [2.24, 2.45) is 0 Å². The summed E-state index contributed by atoms with van der Waals surface area (Å²) in [5.74, 6) is -1.18. The lowest BCUT2D eigenvalue weighted by Gasteiger charge is -2.14. The molecule has 0 fully saturated rings. The minimum atomic E-state index is -0.953. The van der Waals surface area contributed by atoms with Gasteiger partial charge in [0.2, 0.25) is 0 Å². The Hall–Kier alpha value is -2.07. The molecule has 0 aliphatic heterocycles. The van der Waals surface area contributed by atoms with E-state index >= 15 is 0 Å². The number of pyridine rings is 1. The van der Waals surface area contributed by atoms with E-state index in [9.17, 15) is 9.90 Å². The lowest BCUT2D eigenvalue weighted by molar-refractivity contribution is -0.139. The van der Waals surface area contributed by atoms with Crippen LogP contribution in [0.2, 0.25) is 5.02 Å². The van der Waals surface area contributed by atoms with Gasteiger partial charge in [-0.15, -0.1) is 0 Å². The second-order valence-corrected chi connectivity index (χ2v) is 4.38. The summed E-state index contributed by atoms with van der Waals surface area (Å²) in [5.41, 5.74) is 0.615. The second kappa shape index (κ2) is 6.20. The molecule has 2 aromatic rings. The minimum absolute atomic E-state index is 0.0291. The average molecular weight is 278 g/mol. The van der Waals surface area contributed by atoms with Crippen molar-refractivity contribution in [2.75, 3.05) is 6.61 Å². The zero-order chi connectivity index (χ0) is 13.7. The predicted octanol–water partition coefficient (Wildman–Crippen LogP) is 2.98. The van der Waals surface area contributed by atoms with Crippen molar-refractivity contribution in [2.45, 2.75) is 5.92 Å². The molecule has 4 nitrogen and oxygen atoms in total. The van der Waals surface area contributed by atoms with Gasteiger partial charge in [0.25, 0.3) is 0 Å². The molecule has 0 radical (unpaired) electrons. The Bertz CT molecular complexity index is 560. The van der Waals surface area contributed by atoms with E-state index in [0.717, 1.165) is 0 Å². The fourth-order valence-corrected chi connectivity index (χ4v) is 1.84. The molecule has 1 atom stereocenters. The van der Waals surface area contributed by atoms with Crippen molar-refractivity contribution in [3.63, 3.8) is 0 Å². The van der Waals surface area contributed by atoms with Crippen molar-refractivity contribution < 1.29 is 14.6 Å². The quantitative estimate of drug-likeness (QED) is 0.913. The van der Waals surface area contributed by atoms with Crippen LogP contribution in [0, 0.1) is 0 Å². The minimum Gasteiger partial charge on any atom is -0.491 e. The second-order valence-electron chi connectivity index (χ2n) is 3.95. The lowest BCUT2D eigenvalue weighted by atomic mass is 10.0. The van der Waals surface area contributed by atoms with Gasteiger partial charge >= 0.3 is 5.97 Å². The van der Waals surface area contributed by atoms with E-state index in [4.69, 9.17) is 16.3 Å². The zero-order valence-electron chi connectivity index (χ0n) is 9.99. The number of rotatable bonds is 5. The first-order valence-corrected chi connectivity index (χ1v) is 6.05. The highest BCUT2D eigenvalue weighted by Gasteiger charge is 2.21. The van der Waals surface area contributed by atoms with Crippen molar-refractivity contribution in [1.82, 2.24) is 4.98 Å². The zero-order valence-corrected chi connectivity index (χ0v) is 10.7. The molecule has 1 aromatic heterocycles. The summed E-state index contributed by atoms with van der Waals surface area (Å²) in [4.78, 5) is 15.2. The maximum Gasteiger partial charge on any atom is 0.314 e. The van der Waals surface area contributed by atoms with Crippen molar-refractivity contribution >= 4 is 17.6 Å². The maximum atomic E-state index is 11.3. The van der Waals surface area contributed by atoms with Gasteiger partial charge in [-0.1, -0.05) is 23.7 Å². The summed E-state index contributed by atoms with van der Waals surface area (Å²) >= 11 is 5.87. The fraction of sp³-hybridized carbons (Fsp3) is 0.143. The van der Waals surface area contributed by atoms with Gasteiger partial charge in [0.1, 0.15) is 18.3 Å². The van der Waals surface area contributed by atoms with Gasteiger partial charge in [-0.25, -0.2) is 0 Å². The summed E-state index contributed by atoms with van der Waals surface area (Å²) in [6.07, 6.45) is 3.16. The van der Waals surface area contributed by atoms with Gasteiger partial charge in [0.05, 0.1) is 6.20 Å². The first-order chi connectivity index (χ1) is 9.16. The van der Waals surface area contributed by atoms with Crippen LogP contribution in [0.5, 0.6) is 5.75 Å². The van der Waals surface area contributed by atoms with E-state index in [-0.39, 0.29) is 6.61 Å². The molecule has 0 aliphatic rings. The number of carboxylic acids is 1. The number of aliphatic carboxylic acids is 1. The van der Waals surface area contributed by atoms with Crippen LogP contribution in [-0.4, -0.2) is 22.7 Å². The molecule has 1 N–H and O–H groups in total. The Morgan fingerprint density at radius 1 is 1.37 bits per heavy atom. The van der Waals surface area contributed by atoms with Crippen LogP contribution >= 0.6 is 11.6 Å². The van der Waals surface area contributed by atoms with Crippen LogP contribution in [0.4, 0.5) is 0 Å². The van der Waals surface area contributed by atoms with Crippen LogP contribution in [0.25, 0.3) is 0 Å². The molecule has 0 saturated carbocycles. The largest absolute Gasteiger partial charge is 0.491 e. The van der Waals surface area contributed by atoms with Crippen LogP contribution in [0.1, 0.15) is 11.5 Å². The molecule has 1 heterocycles. The fourth-order valence-electron chi connectivity index (χ4n) is 1.65. The number of halogens is 1. The van der Waals surface area contributed by atoms with Gasteiger partial charge in [0, 0.05) is 11.2 Å². The van der Waals surface area contributed by atoms with Crippen LogP contribution in [-0.2, 0) is 4.79 Å². The highest BCUT2D eigenvalue weighted by atomic mass is 35.5. The Morgan fingerprint density at radius 2 is 2.21 bits per heavy atom. The van der Waals surface area contributed by atoms with E-state index in [1.807, 2.05) is 0 Å². The number of aromatic nitrogens is 1. The third-order valence-electron chi connectivity index (χ3n) is 2.60. The molecule has 19 heavy (non-hydrogen) atoms. The standard InChI is InChI=1S/C14H12ClNO3/c15-11-4-1-3-10(7-11)13(14(17)18)9-19-12-5-2-6-16-8-12/h1-8,13H,9H2,(H,17,18). The molecule has 1 aromatic carbocycles. The van der Waals surface area contributed by atoms with E-state index in [0.29, 0.717) is 16.3 Å². The van der Waals surface area contributed by atoms with Crippen LogP contribution in [0.3, 0.4) is 0 Å². The Labute approximate surface area is 115 Å². The summed E-state index contributed by atoms with van der Waals surface area (Å²) in [5, 5.41) is 9.76. The van der Waals surface area contributed by atoms with Gasteiger partial charge in [-0.3, -0.25) is 9.78 Å². The Morgan fingerprint density at radius 3 is 2.84 bits per heavy atom. The summed E-state index contributed by atoms with van der Waals surface area (Å²) in [6, 6.07) is 10.2. The third kappa shape index (κ3) is 3.69. The van der Waals surface area contributed by atoms with Crippen molar-refractivity contribution in [3.8, 4) is 5.75 Å². The molecular weight excluding hydrogens is 266 g/mol. The summed E-state index contributed by atoms with van der Waals surface area (Å²) < 4.78 is 5.44. The first kappa shape index (κ1) is 13.4. The van der Waals surface area contributed by atoms with Crippen LogP contribution < -0.4 is 4.74 Å². The van der Waals surface area contributed by atoms with E-state index in [1.54, 1.807) is 42.6 Å². The van der Waals surface area contributed by atoms with Gasteiger partial charge in [-0.05, 0) is 29.8 Å². The molecule has 0 spiro atoms. The van der Waals surface area contributed by atoms with E-state index in [2.05, 4.69) is 4.98 Å². The van der Waals surface area contributed by atoms with Gasteiger partial charge in [-0.2, -0.15) is 0 Å². The highest BCUT2D eigenvalue weighted by molar-refractivity contribution is 6.30. The smallest absolute Gasteiger partial charge is 0.314 e. The topological polar surface area (TPSA) is 59.4 Å². The summed E-state index contributed by atoms with van der Waals surface area (Å²) in [7, 11) is 0. The molecular formula is C14H12ClNO3. The predicted molar refractivity (Wildman–Crippen MR) is 71.6 cm³/mol. The Balaban J connectivity index is 2.11. The monoisotopic (exact) mass is 277 g/mol. The molecule has 0 amide bonds. The van der Waals surface area contributed by atoms with Gasteiger partial charge < -0.3 is 9.84 Å². The van der Waals surface area contributed by atoms with Gasteiger partial charge in [0.15, 0.2) is 0 Å². The SMILES string of the molecule is O=C(O)C(COc1cccnc1)c1cccc(Cl)c1. The molecule has 0 aliphatic carbocycles. The van der Waals surface area contributed by atoms with E-state index in [1.165, 1.54) is 6.20 Å². The number of carboxylic acid groups (broad SMARTS) is 1. The molecule has 0 saturated heterocycles. The number of ether oxygens (including phenoxy) is 1. The summed E-state index contributed by atoms with van der Waals surface area (Å²) in [6.45, 7) is 0.0291.